The summed E-state index contributed by atoms with van der Waals surface area (Å²) in [5.41, 5.74) is -1.55. The molecule has 0 amide bonds. The molecule has 0 aliphatic carbocycles. The van der Waals surface area contributed by atoms with Crippen LogP contribution in [-0.2, 0) is 0 Å². The van der Waals surface area contributed by atoms with E-state index in [1.807, 2.05) is 0 Å². The van der Waals surface area contributed by atoms with Gasteiger partial charge in [0, 0.05) is 6.07 Å². The summed E-state index contributed by atoms with van der Waals surface area (Å²) in [7, 11) is 0. The maximum absolute atomic E-state index is 12.6. The monoisotopic (exact) mass is 181 g/mol. The minimum atomic E-state index is -0.987. The van der Waals surface area contributed by atoms with Gasteiger partial charge in [-0.2, -0.15) is 0 Å². The van der Waals surface area contributed by atoms with Gasteiger partial charge >= 0.3 is 11.2 Å². The SMILES string of the molecule is O=c1[nH]c2cc(F)ccc2oc1=O. The Morgan fingerprint density at radius 2 is 2.08 bits per heavy atom. The Morgan fingerprint density at radius 1 is 1.31 bits per heavy atom. The summed E-state index contributed by atoms with van der Waals surface area (Å²) in [6.45, 7) is 0. The highest BCUT2D eigenvalue weighted by atomic mass is 19.1. The first-order valence-electron chi connectivity index (χ1n) is 3.49. The van der Waals surface area contributed by atoms with E-state index in [1.165, 1.54) is 6.07 Å². The molecule has 1 heterocycles. The Hall–Kier alpha value is -1.91. The molecule has 0 fully saturated rings. The topological polar surface area (TPSA) is 63.1 Å². The van der Waals surface area contributed by atoms with Crippen LogP contribution in [-0.4, -0.2) is 4.98 Å². The van der Waals surface area contributed by atoms with Crippen LogP contribution in [0.5, 0.6) is 0 Å². The van der Waals surface area contributed by atoms with E-state index in [-0.39, 0.29) is 11.1 Å². The molecule has 0 saturated carbocycles. The number of hydrogen-bond donors (Lipinski definition) is 1. The van der Waals surface area contributed by atoms with Gasteiger partial charge in [0.2, 0.25) is 0 Å². The summed E-state index contributed by atoms with van der Waals surface area (Å²) < 4.78 is 17.2. The van der Waals surface area contributed by atoms with Crippen molar-refractivity contribution < 1.29 is 8.81 Å². The van der Waals surface area contributed by atoms with E-state index in [4.69, 9.17) is 0 Å². The van der Waals surface area contributed by atoms with Crippen molar-refractivity contribution in [2.24, 2.45) is 0 Å². The van der Waals surface area contributed by atoms with Gasteiger partial charge in [0.05, 0.1) is 5.52 Å². The maximum atomic E-state index is 12.6. The summed E-state index contributed by atoms with van der Waals surface area (Å²) in [5, 5.41) is 0. The minimum Gasteiger partial charge on any atom is -0.417 e. The predicted octanol–water partition coefficient (Wildman–Crippen LogP) is 0.620. The number of nitrogens with one attached hydrogen (secondary N) is 1. The van der Waals surface area contributed by atoms with E-state index >= 15 is 0 Å². The Morgan fingerprint density at radius 3 is 2.85 bits per heavy atom. The number of aromatic nitrogens is 1. The molecule has 1 aromatic heterocycles. The number of rotatable bonds is 0. The quantitative estimate of drug-likeness (QED) is 0.606. The summed E-state index contributed by atoms with van der Waals surface area (Å²) in [4.78, 5) is 23.7. The molecule has 0 aliphatic heterocycles. The second kappa shape index (κ2) is 2.55. The first-order chi connectivity index (χ1) is 6.16. The van der Waals surface area contributed by atoms with E-state index in [0.717, 1.165) is 12.1 Å². The molecule has 2 rings (SSSR count). The van der Waals surface area contributed by atoms with Crippen LogP contribution in [0.4, 0.5) is 4.39 Å². The average molecular weight is 181 g/mol. The Kier molecular flexibility index (Phi) is 1.51. The molecule has 0 atom stereocenters. The van der Waals surface area contributed by atoms with Gasteiger partial charge < -0.3 is 9.40 Å². The Bertz CT molecular complexity index is 569. The zero-order valence-electron chi connectivity index (χ0n) is 6.33. The zero-order chi connectivity index (χ0) is 9.42. The van der Waals surface area contributed by atoms with Crippen LogP contribution in [0, 0.1) is 5.82 Å². The fraction of sp³-hybridized carbons (Fsp3) is 0. The van der Waals surface area contributed by atoms with Crippen molar-refractivity contribution in [1.82, 2.24) is 4.98 Å². The molecule has 1 aromatic carbocycles. The molecule has 4 nitrogen and oxygen atoms in total. The average Bonchev–Trinajstić information content (AvgIpc) is 2.08. The lowest BCUT2D eigenvalue weighted by Crippen LogP contribution is -2.25. The summed E-state index contributed by atoms with van der Waals surface area (Å²) in [5.74, 6) is -0.503. The minimum absolute atomic E-state index is 0.158. The lowest BCUT2D eigenvalue weighted by atomic mass is 10.3. The number of fused-ring (bicyclic) bond motifs is 1. The molecule has 5 heteroatoms. The standard InChI is InChI=1S/C8H4FNO3/c9-4-1-2-6-5(3-4)10-7(11)8(12)13-6/h1-3H,(H,10,11). The van der Waals surface area contributed by atoms with Gasteiger partial charge in [0.25, 0.3) is 0 Å². The van der Waals surface area contributed by atoms with Crippen molar-refractivity contribution in [3.8, 4) is 0 Å². The third-order valence-electron chi connectivity index (χ3n) is 1.58. The second-order valence-electron chi connectivity index (χ2n) is 2.48. The summed E-state index contributed by atoms with van der Waals surface area (Å²) in [6, 6.07) is 3.51. The number of hydrogen-bond acceptors (Lipinski definition) is 3. The summed E-state index contributed by atoms with van der Waals surface area (Å²) in [6.07, 6.45) is 0. The van der Waals surface area contributed by atoms with Gasteiger partial charge in [-0.15, -0.1) is 0 Å². The van der Waals surface area contributed by atoms with Gasteiger partial charge in [-0.25, -0.2) is 9.18 Å². The smallest absolute Gasteiger partial charge is 0.402 e. The van der Waals surface area contributed by atoms with Crippen molar-refractivity contribution in [3.05, 3.63) is 44.8 Å². The molecule has 13 heavy (non-hydrogen) atoms. The molecule has 66 valence electrons. The molecular formula is C8H4FNO3. The molecule has 0 saturated heterocycles. The molecule has 0 unspecified atom stereocenters. The number of halogens is 1. The van der Waals surface area contributed by atoms with Gasteiger partial charge in [0.15, 0.2) is 5.58 Å². The van der Waals surface area contributed by atoms with Crippen LogP contribution in [0.1, 0.15) is 0 Å². The highest BCUT2D eigenvalue weighted by Crippen LogP contribution is 2.08. The largest absolute Gasteiger partial charge is 0.417 e. The third-order valence-corrected chi connectivity index (χ3v) is 1.58. The maximum Gasteiger partial charge on any atom is 0.402 e. The predicted molar refractivity (Wildman–Crippen MR) is 43.1 cm³/mol. The van der Waals surface area contributed by atoms with Crippen LogP contribution in [0.15, 0.2) is 32.2 Å². The normalized spacial score (nSPS) is 10.5. The van der Waals surface area contributed by atoms with Gasteiger partial charge in [0.1, 0.15) is 5.82 Å². The molecule has 0 bridgehead atoms. The zero-order valence-corrected chi connectivity index (χ0v) is 6.33. The van der Waals surface area contributed by atoms with Crippen molar-refractivity contribution in [3.63, 3.8) is 0 Å². The van der Waals surface area contributed by atoms with Gasteiger partial charge in [-0.1, -0.05) is 0 Å². The van der Waals surface area contributed by atoms with E-state index < -0.39 is 17.0 Å². The van der Waals surface area contributed by atoms with Crippen LogP contribution in [0.2, 0.25) is 0 Å². The van der Waals surface area contributed by atoms with E-state index in [9.17, 15) is 14.0 Å². The van der Waals surface area contributed by atoms with E-state index in [1.54, 1.807) is 0 Å². The Balaban J connectivity index is 2.97. The van der Waals surface area contributed by atoms with Crippen LogP contribution < -0.4 is 11.2 Å². The van der Waals surface area contributed by atoms with Crippen LogP contribution in [0.25, 0.3) is 11.1 Å². The summed E-state index contributed by atoms with van der Waals surface area (Å²) >= 11 is 0. The first kappa shape index (κ1) is 7.72. The highest BCUT2D eigenvalue weighted by Gasteiger charge is 2.01. The van der Waals surface area contributed by atoms with E-state index in [2.05, 4.69) is 9.40 Å². The molecule has 0 radical (unpaired) electrons. The lowest BCUT2D eigenvalue weighted by molar-refractivity contribution is 0.544. The highest BCUT2D eigenvalue weighted by molar-refractivity contribution is 5.71. The molecule has 2 aromatic rings. The van der Waals surface area contributed by atoms with Gasteiger partial charge in [-0.05, 0) is 12.1 Å². The third kappa shape index (κ3) is 1.24. The van der Waals surface area contributed by atoms with Crippen LogP contribution >= 0.6 is 0 Å². The number of benzene rings is 1. The molecule has 1 N–H and O–H groups in total. The van der Waals surface area contributed by atoms with Crippen molar-refractivity contribution >= 4 is 11.1 Å². The first-order valence-corrected chi connectivity index (χ1v) is 3.49. The van der Waals surface area contributed by atoms with Crippen molar-refractivity contribution in [1.29, 1.82) is 0 Å². The lowest BCUT2D eigenvalue weighted by Gasteiger charge is -1.93. The number of H-pyrrole nitrogens is 1. The number of aromatic amines is 1. The fourth-order valence-electron chi connectivity index (χ4n) is 1.01. The van der Waals surface area contributed by atoms with Crippen molar-refractivity contribution in [2.45, 2.75) is 0 Å². The molecule has 0 aliphatic rings. The van der Waals surface area contributed by atoms with Crippen molar-refractivity contribution in [2.75, 3.05) is 0 Å². The van der Waals surface area contributed by atoms with Gasteiger partial charge in [-0.3, -0.25) is 4.79 Å². The van der Waals surface area contributed by atoms with E-state index in [0.29, 0.717) is 0 Å². The Labute approximate surface area is 70.6 Å². The second-order valence-corrected chi connectivity index (χ2v) is 2.48. The molecule has 0 spiro atoms. The van der Waals surface area contributed by atoms with Crippen LogP contribution in [0.3, 0.4) is 0 Å². The fourth-order valence-corrected chi connectivity index (χ4v) is 1.01. The molecular weight excluding hydrogens is 177 g/mol.